The second kappa shape index (κ2) is 6.10. The lowest BCUT2D eigenvalue weighted by atomic mass is 10.2. The maximum Gasteiger partial charge on any atom is 0.140 e. The second-order valence-electron chi connectivity index (χ2n) is 4.08. The van der Waals surface area contributed by atoms with Crippen LogP contribution in [-0.4, -0.2) is 38.6 Å². The number of aliphatic hydroxyl groups is 1. The van der Waals surface area contributed by atoms with Crippen LogP contribution in [0.15, 0.2) is 18.6 Å². The standard InChI is InChI=1S/C12H15ClN4O2/c1-8-5-15-10(7-14-8)12(18)11-9(13)6-16-17(11)3-4-19-2/h5-7,12,18H,3-4H2,1-2H3. The summed E-state index contributed by atoms with van der Waals surface area (Å²) in [5.74, 6) is 0. The van der Waals surface area contributed by atoms with Crippen LogP contribution in [-0.2, 0) is 11.3 Å². The number of aryl methyl sites for hydroxylation is 1. The van der Waals surface area contributed by atoms with E-state index in [1.54, 1.807) is 18.0 Å². The van der Waals surface area contributed by atoms with E-state index < -0.39 is 6.10 Å². The molecule has 2 heterocycles. The fourth-order valence-corrected chi connectivity index (χ4v) is 1.93. The van der Waals surface area contributed by atoms with E-state index in [0.717, 1.165) is 5.69 Å². The molecular formula is C12H15ClN4O2. The van der Waals surface area contributed by atoms with E-state index in [4.69, 9.17) is 16.3 Å². The lowest BCUT2D eigenvalue weighted by molar-refractivity contribution is 0.170. The van der Waals surface area contributed by atoms with Crippen LogP contribution >= 0.6 is 11.6 Å². The van der Waals surface area contributed by atoms with Gasteiger partial charge in [-0.1, -0.05) is 11.6 Å². The Morgan fingerprint density at radius 2 is 2.16 bits per heavy atom. The maximum absolute atomic E-state index is 10.3. The molecule has 0 saturated carbocycles. The molecule has 19 heavy (non-hydrogen) atoms. The average molecular weight is 283 g/mol. The van der Waals surface area contributed by atoms with E-state index in [-0.39, 0.29) is 0 Å². The quantitative estimate of drug-likeness (QED) is 0.896. The fourth-order valence-electron chi connectivity index (χ4n) is 1.68. The van der Waals surface area contributed by atoms with Crippen molar-refractivity contribution in [2.45, 2.75) is 19.6 Å². The highest BCUT2D eigenvalue weighted by molar-refractivity contribution is 6.31. The van der Waals surface area contributed by atoms with Crippen molar-refractivity contribution in [3.8, 4) is 0 Å². The van der Waals surface area contributed by atoms with Gasteiger partial charge in [0.15, 0.2) is 0 Å². The minimum atomic E-state index is -0.958. The lowest BCUT2D eigenvalue weighted by Crippen LogP contribution is -2.14. The monoisotopic (exact) mass is 282 g/mol. The van der Waals surface area contributed by atoms with Gasteiger partial charge in [0.1, 0.15) is 6.10 Å². The normalized spacial score (nSPS) is 12.6. The van der Waals surface area contributed by atoms with Crippen LogP contribution in [0.5, 0.6) is 0 Å². The minimum absolute atomic E-state index is 0.394. The molecule has 102 valence electrons. The third-order valence-electron chi connectivity index (χ3n) is 2.68. The Labute approximate surface area is 116 Å². The zero-order chi connectivity index (χ0) is 13.8. The van der Waals surface area contributed by atoms with E-state index in [9.17, 15) is 5.11 Å². The highest BCUT2D eigenvalue weighted by Crippen LogP contribution is 2.26. The molecule has 2 aromatic rings. The first-order valence-corrected chi connectivity index (χ1v) is 6.18. The molecule has 7 heteroatoms. The van der Waals surface area contributed by atoms with Crippen molar-refractivity contribution in [3.05, 3.63) is 40.7 Å². The van der Waals surface area contributed by atoms with Crippen LogP contribution in [0.2, 0.25) is 5.02 Å². The molecule has 6 nitrogen and oxygen atoms in total. The highest BCUT2D eigenvalue weighted by Gasteiger charge is 2.21. The molecule has 0 amide bonds. The number of aromatic nitrogens is 4. The number of hydrogen-bond acceptors (Lipinski definition) is 5. The number of halogens is 1. The first-order chi connectivity index (χ1) is 9.13. The Kier molecular flexibility index (Phi) is 4.47. The zero-order valence-corrected chi connectivity index (χ0v) is 11.5. The molecule has 2 rings (SSSR count). The molecule has 0 aromatic carbocycles. The first-order valence-electron chi connectivity index (χ1n) is 5.80. The Bertz CT molecular complexity index is 541. The Morgan fingerprint density at radius 1 is 1.37 bits per heavy atom. The minimum Gasteiger partial charge on any atom is -0.383 e. The van der Waals surface area contributed by atoms with Crippen molar-refractivity contribution < 1.29 is 9.84 Å². The summed E-state index contributed by atoms with van der Waals surface area (Å²) in [6, 6.07) is 0. The Balaban J connectivity index is 2.29. The Morgan fingerprint density at radius 3 is 2.79 bits per heavy atom. The van der Waals surface area contributed by atoms with Gasteiger partial charge in [-0.3, -0.25) is 14.6 Å². The zero-order valence-electron chi connectivity index (χ0n) is 10.7. The van der Waals surface area contributed by atoms with Crippen molar-refractivity contribution in [2.75, 3.05) is 13.7 Å². The Hall–Kier alpha value is -1.50. The number of rotatable bonds is 5. The summed E-state index contributed by atoms with van der Waals surface area (Å²) < 4.78 is 6.61. The van der Waals surface area contributed by atoms with Gasteiger partial charge in [0, 0.05) is 13.3 Å². The van der Waals surface area contributed by atoms with Crippen LogP contribution in [0.3, 0.4) is 0 Å². The van der Waals surface area contributed by atoms with Crippen LogP contribution < -0.4 is 0 Å². The largest absolute Gasteiger partial charge is 0.383 e. The number of hydrogen-bond donors (Lipinski definition) is 1. The summed E-state index contributed by atoms with van der Waals surface area (Å²) in [5, 5.41) is 14.9. The maximum atomic E-state index is 10.3. The van der Waals surface area contributed by atoms with Gasteiger partial charge in [-0.2, -0.15) is 5.10 Å². The lowest BCUT2D eigenvalue weighted by Gasteiger charge is -2.13. The van der Waals surface area contributed by atoms with Gasteiger partial charge in [-0.15, -0.1) is 0 Å². The number of nitrogens with zero attached hydrogens (tertiary/aromatic N) is 4. The molecule has 2 aromatic heterocycles. The average Bonchev–Trinajstić information content (AvgIpc) is 2.77. The van der Waals surface area contributed by atoms with Gasteiger partial charge in [0.25, 0.3) is 0 Å². The van der Waals surface area contributed by atoms with Crippen molar-refractivity contribution in [1.82, 2.24) is 19.7 Å². The third-order valence-corrected chi connectivity index (χ3v) is 2.97. The van der Waals surface area contributed by atoms with Gasteiger partial charge in [0.2, 0.25) is 0 Å². The van der Waals surface area contributed by atoms with Gasteiger partial charge >= 0.3 is 0 Å². The van der Waals surface area contributed by atoms with Crippen LogP contribution in [0.25, 0.3) is 0 Å². The molecule has 0 aliphatic rings. The van der Waals surface area contributed by atoms with E-state index in [1.165, 1.54) is 12.4 Å². The molecule has 1 unspecified atom stereocenters. The van der Waals surface area contributed by atoms with E-state index in [2.05, 4.69) is 15.1 Å². The molecule has 0 saturated heterocycles. The summed E-state index contributed by atoms with van der Waals surface area (Å²) in [6.07, 6.45) is 3.67. The van der Waals surface area contributed by atoms with E-state index in [1.807, 2.05) is 6.92 Å². The molecule has 0 spiro atoms. The van der Waals surface area contributed by atoms with Crippen LogP contribution in [0.4, 0.5) is 0 Å². The molecule has 0 fully saturated rings. The van der Waals surface area contributed by atoms with Crippen molar-refractivity contribution in [2.24, 2.45) is 0 Å². The molecule has 1 atom stereocenters. The highest BCUT2D eigenvalue weighted by atomic mass is 35.5. The first kappa shape index (κ1) is 13.9. The van der Waals surface area contributed by atoms with Crippen molar-refractivity contribution in [1.29, 1.82) is 0 Å². The molecule has 0 aliphatic carbocycles. The smallest absolute Gasteiger partial charge is 0.140 e. The molecular weight excluding hydrogens is 268 g/mol. The number of aliphatic hydroxyl groups excluding tert-OH is 1. The van der Waals surface area contributed by atoms with Gasteiger partial charge in [0.05, 0.1) is 47.6 Å². The topological polar surface area (TPSA) is 73.1 Å². The molecule has 0 bridgehead atoms. The summed E-state index contributed by atoms with van der Waals surface area (Å²) in [5.41, 5.74) is 1.72. The third kappa shape index (κ3) is 3.09. The fraction of sp³-hybridized carbons (Fsp3) is 0.417. The van der Waals surface area contributed by atoms with E-state index >= 15 is 0 Å². The predicted octanol–water partition coefficient (Wildman–Crippen LogP) is 1.36. The van der Waals surface area contributed by atoms with Crippen LogP contribution in [0.1, 0.15) is 23.2 Å². The summed E-state index contributed by atoms with van der Waals surface area (Å²) in [7, 11) is 1.60. The SMILES string of the molecule is COCCn1ncc(Cl)c1C(O)c1cnc(C)cn1. The second-order valence-corrected chi connectivity index (χ2v) is 4.49. The van der Waals surface area contributed by atoms with Crippen LogP contribution in [0, 0.1) is 6.92 Å². The molecule has 1 N–H and O–H groups in total. The predicted molar refractivity (Wildman–Crippen MR) is 69.9 cm³/mol. The summed E-state index contributed by atoms with van der Waals surface area (Å²) >= 11 is 6.07. The molecule has 0 radical (unpaired) electrons. The van der Waals surface area contributed by atoms with Gasteiger partial charge < -0.3 is 9.84 Å². The number of ether oxygens (including phenoxy) is 1. The summed E-state index contributed by atoms with van der Waals surface area (Å²) in [6.45, 7) is 2.82. The summed E-state index contributed by atoms with van der Waals surface area (Å²) in [4.78, 5) is 8.26. The van der Waals surface area contributed by atoms with Gasteiger partial charge in [-0.05, 0) is 6.92 Å². The number of methoxy groups -OCH3 is 1. The van der Waals surface area contributed by atoms with Crippen molar-refractivity contribution in [3.63, 3.8) is 0 Å². The van der Waals surface area contributed by atoms with E-state index in [0.29, 0.717) is 29.6 Å². The van der Waals surface area contributed by atoms with Gasteiger partial charge in [-0.25, -0.2) is 0 Å². The molecule has 0 aliphatic heterocycles. The van der Waals surface area contributed by atoms with Crippen molar-refractivity contribution >= 4 is 11.6 Å².